The Hall–Kier alpha value is -1.02. The van der Waals surface area contributed by atoms with Gasteiger partial charge in [0.05, 0.1) is 22.9 Å². The number of halogens is 2. The highest BCUT2D eigenvalue weighted by atomic mass is 35.5. The fourth-order valence-electron chi connectivity index (χ4n) is 3.83. The molecule has 24 heavy (non-hydrogen) atoms. The van der Waals surface area contributed by atoms with Crippen LogP contribution < -0.4 is 0 Å². The van der Waals surface area contributed by atoms with Gasteiger partial charge in [-0.1, -0.05) is 29.3 Å². The van der Waals surface area contributed by atoms with Gasteiger partial charge >= 0.3 is 6.09 Å². The molecule has 2 fully saturated rings. The molecule has 0 unspecified atom stereocenters. The minimum absolute atomic E-state index is 0.0458. The molecule has 3 rings (SSSR count). The van der Waals surface area contributed by atoms with Crippen LogP contribution in [0, 0.1) is 5.41 Å². The second-order valence-corrected chi connectivity index (χ2v) is 9.05. The van der Waals surface area contributed by atoms with Crippen molar-refractivity contribution < 1.29 is 22.5 Å². The van der Waals surface area contributed by atoms with Crippen LogP contribution in [0.15, 0.2) is 18.2 Å². The molecule has 2 atom stereocenters. The molecule has 0 bridgehead atoms. The maximum Gasteiger partial charge on any atom is 0.407 e. The molecule has 6 nitrogen and oxygen atoms in total. The predicted molar refractivity (Wildman–Crippen MR) is 90.2 cm³/mol. The molecule has 0 aromatic heterocycles. The summed E-state index contributed by atoms with van der Waals surface area (Å²) in [7, 11) is -3.61. The van der Waals surface area contributed by atoms with Crippen LogP contribution in [0.2, 0.25) is 10.0 Å². The van der Waals surface area contributed by atoms with Crippen molar-refractivity contribution in [2.24, 2.45) is 5.41 Å². The summed E-state index contributed by atoms with van der Waals surface area (Å²) >= 11 is 12.1. The second-order valence-electron chi connectivity index (χ2n) is 6.59. The van der Waals surface area contributed by atoms with Gasteiger partial charge < -0.3 is 10.0 Å². The van der Waals surface area contributed by atoms with Crippen LogP contribution in [0.3, 0.4) is 0 Å². The Labute approximate surface area is 150 Å². The first-order valence-electron chi connectivity index (χ1n) is 7.36. The number of benzene rings is 1. The normalized spacial score (nSPS) is 29.2. The number of amides is 1. The summed E-state index contributed by atoms with van der Waals surface area (Å²) in [5, 5.41) is 10.1. The Morgan fingerprint density at radius 1 is 1.38 bits per heavy atom. The maximum atomic E-state index is 11.4. The summed E-state index contributed by atoms with van der Waals surface area (Å²) in [6.45, 7) is 0.574. The molecule has 1 heterocycles. The number of carboxylic acid groups (broad SMARTS) is 1. The third-order valence-electron chi connectivity index (χ3n) is 5.12. The van der Waals surface area contributed by atoms with Gasteiger partial charge in [0, 0.05) is 23.9 Å². The zero-order chi connectivity index (χ0) is 17.8. The summed E-state index contributed by atoms with van der Waals surface area (Å²) in [4.78, 5) is 12.6. The van der Waals surface area contributed by atoms with Crippen molar-refractivity contribution in [3.05, 3.63) is 33.8 Å². The van der Waals surface area contributed by atoms with E-state index in [2.05, 4.69) is 0 Å². The zero-order valence-corrected chi connectivity index (χ0v) is 15.3. The molecular formula is C15H17Cl2NO5S. The highest BCUT2D eigenvalue weighted by Gasteiger charge is 2.70. The van der Waals surface area contributed by atoms with E-state index in [0.29, 0.717) is 29.4 Å². The Morgan fingerprint density at radius 3 is 2.67 bits per heavy atom. The molecule has 1 amide bonds. The Morgan fingerprint density at radius 2 is 2.08 bits per heavy atom. The molecule has 1 N–H and O–H groups in total. The highest BCUT2D eigenvalue weighted by molar-refractivity contribution is 7.85. The van der Waals surface area contributed by atoms with Gasteiger partial charge in [0.1, 0.15) is 0 Å². The molecule has 2 aliphatic rings. The lowest BCUT2D eigenvalue weighted by Gasteiger charge is -2.36. The molecule has 1 aromatic rings. The number of piperidine rings is 1. The summed E-state index contributed by atoms with van der Waals surface area (Å²) in [6, 6.07) is 5.35. The van der Waals surface area contributed by atoms with Gasteiger partial charge in [0.25, 0.3) is 10.1 Å². The molecular weight excluding hydrogens is 377 g/mol. The van der Waals surface area contributed by atoms with Crippen LogP contribution in [0.1, 0.15) is 18.4 Å². The number of likely N-dealkylation sites (tertiary alicyclic amines) is 1. The predicted octanol–water partition coefficient (Wildman–Crippen LogP) is 2.98. The van der Waals surface area contributed by atoms with Gasteiger partial charge in [-0.15, -0.1) is 0 Å². The molecule has 1 aliphatic heterocycles. The lowest BCUT2D eigenvalue weighted by Crippen LogP contribution is -2.46. The topological polar surface area (TPSA) is 83.9 Å². The van der Waals surface area contributed by atoms with E-state index < -0.39 is 21.6 Å². The van der Waals surface area contributed by atoms with E-state index in [1.807, 2.05) is 6.07 Å². The smallest absolute Gasteiger partial charge is 0.407 e. The van der Waals surface area contributed by atoms with E-state index in [-0.39, 0.29) is 18.6 Å². The number of hydrogen-bond donors (Lipinski definition) is 1. The molecule has 0 radical (unpaired) electrons. The van der Waals surface area contributed by atoms with Gasteiger partial charge in [0.2, 0.25) is 0 Å². The van der Waals surface area contributed by atoms with Crippen LogP contribution >= 0.6 is 23.2 Å². The van der Waals surface area contributed by atoms with Crippen LogP contribution in [0.4, 0.5) is 4.79 Å². The average molecular weight is 394 g/mol. The summed E-state index contributed by atoms with van der Waals surface area (Å²) < 4.78 is 27.8. The van der Waals surface area contributed by atoms with Crippen molar-refractivity contribution in [3.63, 3.8) is 0 Å². The minimum atomic E-state index is -3.61. The van der Waals surface area contributed by atoms with Gasteiger partial charge in [-0.25, -0.2) is 4.79 Å². The molecule has 1 saturated heterocycles. The first-order chi connectivity index (χ1) is 11.1. The Bertz CT molecular complexity index is 799. The van der Waals surface area contributed by atoms with Gasteiger partial charge in [-0.2, -0.15) is 8.42 Å². The van der Waals surface area contributed by atoms with Crippen molar-refractivity contribution in [2.75, 3.05) is 26.0 Å². The zero-order valence-electron chi connectivity index (χ0n) is 13.0. The van der Waals surface area contributed by atoms with Gasteiger partial charge in [-0.3, -0.25) is 4.18 Å². The largest absolute Gasteiger partial charge is 0.465 e. The van der Waals surface area contributed by atoms with Crippen molar-refractivity contribution >= 4 is 39.4 Å². The average Bonchev–Trinajstić information content (AvgIpc) is 3.17. The van der Waals surface area contributed by atoms with Crippen molar-refractivity contribution in [2.45, 2.75) is 18.3 Å². The quantitative estimate of drug-likeness (QED) is 0.794. The summed E-state index contributed by atoms with van der Waals surface area (Å²) in [5.41, 5.74) is 0.0425. The number of fused-ring (bicyclic) bond motifs is 1. The maximum absolute atomic E-state index is 11.4. The van der Waals surface area contributed by atoms with Crippen LogP contribution in [-0.2, 0) is 19.7 Å². The van der Waals surface area contributed by atoms with Crippen LogP contribution in [0.5, 0.6) is 0 Å². The Balaban J connectivity index is 1.94. The minimum Gasteiger partial charge on any atom is -0.465 e. The number of carbonyl (C=O) groups is 1. The standard InChI is InChI=1S/C15H17Cl2NO5S/c1-24(21,22)23-9-14-7-15(14,4-5-18(8-14)13(19)20)10-2-3-11(16)12(17)6-10/h2-3,6H,4-5,7-9H2,1H3,(H,19,20)/t14-,15-/m1/s1. The van der Waals surface area contributed by atoms with Crippen molar-refractivity contribution in [3.8, 4) is 0 Å². The highest BCUT2D eigenvalue weighted by Crippen LogP contribution is 2.69. The van der Waals surface area contributed by atoms with E-state index in [1.165, 1.54) is 4.90 Å². The number of rotatable bonds is 4. The SMILES string of the molecule is CS(=O)(=O)OC[C@@]12CN(C(=O)O)CC[C@]1(c1ccc(Cl)c(Cl)c1)C2. The second kappa shape index (κ2) is 5.76. The van der Waals surface area contributed by atoms with E-state index in [9.17, 15) is 18.3 Å². The number of hydrogen-bond acceptors (Lipinski definition) is 4. The van der Waals surface area contributed by atoms with E-state index in [4.69, 9.17) is 27.4 Å². The lowest BCUT2D eigenvalue weighted by atomic mass is 9.80. The molecule has 1 aliphatic carbocycles. The fourth-order valence-corrected chi connectivity index (χ4v) is 4.57. The molecule has 1 aromatic carbocycles. The molecule has 9 heteroatoms. The van der Waals surface area contributed by atoms with Crippen LogP contribution in [-0.4, -0.2) is 50.5 Å². The van der Waals surface area contributed by atoms with Crippen LogP contribution in [0.25, 0.3) is 0 Å². The van der Waals surface area contributed by atoms with E-state index >= 15 is 0 Å². The monoisotopic (exact) mass is 393 g/mol. The first-order valence-corrected chi connectivity index (χ1v) is 9.94. The van der Waals surface area contributed by atoms with E-state index in [0.717, 1.165) is 11.8 Å². The fraction of sp³-hybridized carbons (Fsp3) is 0.533. The lowest BCUT2D eigenvalue weighted by molar-refractivity contribution is 0.0917. The van der Waals surface area contributed by atoms with E-state index in [1.54, 1.807) is 12.1 Å². The van der Waals surface area contributed by atoms with Crippen molar-refractivity contribution in [1.82, 2.24) is 4.90 Å². The number of nitrogens with zero attached hydrogens (tertiary/aromatic N) is 1. The third-order valence-corrected chi connectivity index (χ3v) is 6.41. The first kappa shape index (κ1) is 17.8. The van der Waals surface area contributed by atoms with Gasteiger partial charge in [0.15, 0.2) is 0 Å². The molecule has 132 valence electrons. The Kier molecular flexibility index (Phi) is 4.27. The van der Waals surface area contributed by atoms with Gasteiger partial charge in [-0.05, 0) is 30.5 Å². The third kappa shape index (κ3) is 2.98. The molecule has 1 saturated carbocycles. The van der Waals surface area contributed by atoms with Crippen molar-refractivity contribution in [1.29, 1.82) is 0 Å². The summed E-state index contributed by atoms with van der Waals surface area (Å²) in [5.74, 6) is 0. The molecule has 0 spiro atoms. The summed E-state index contributed by atoms with van der Waals surface area (Å²) in [6.07, 6.45) is 1.22.